The van der Waals surface area contributed by atoms with Crippen LogP contribution in [0, 0.1) is 0 Å². The molecule has 3 N–H and O–H groups in total. The number of rotatable bonds is 56. The number of carboxylic acid groups (broad SMARTS) is 1. The first-order valence-corrected chi connectivity index (χ1v) is 33.5. The second-order valence-corrected chi connectivity index (χ2v) is 22.4. The highest BCUT2D eigenvalue weighted by Crippen LogP contribution is 2.26. The minimum Gasteiger partial charge on any atom is -0.479 e. The maximum absolute atomic E-state index is 13.2. The highest BCUT2D eigenvalue weighted by Gasteiger charge is 2.50. The zero-order chi connectivity index (χ0) is 61.7. The van der Waals surface area contributed by atoms with Gasteiger partial charge in [-0.3, -0.25) is 14.4 Å². The quantitative estimate of drug-likeness (QED) is 0.0228. The van der Waals surface area contributed by atoms with Gasteiger partial charge in [0.05, 0.1) is 6.61 Å². The molecule has 1 aliphatic rings. The molecule has 1 rings (SSSR count). The number of ether oxygens (including phenoxy) is 5. The Morgan fingerprint density at radius 2 is 0.753 bits per heavy atom. The van der Waals surface area contributed by atoms with Crippen LogP contribution in [-0.2, 0) is 42.9 Å². The number of aliphatic carboxylic acids is 1. The van der Waals surface area contributed by atoms with Crippen molar-refractivity contribution in [1.82, 2.24) is 0 Å². The molecule has 1 heterocycles. The third-order valence-corrected chi connectivity index (χ3v) is 14.5. The first kappa shape index (κ1) is 78.1. The highest BCUT2D eigenvalue weighted by atomic mass is 16.7. The van der Waals surface area contributed by atoms with Crippen molar-refractivity contribution in [3.05, 3.63) is 122 Å². The average molecular weight is 1190 g/mol. The predicted molar refractivity (Wildman–Crippen MR) is 349 cm³/mol. The second-order valence-electron chi connectivity index (χ2n) is 22.4. The summed E-state index contributed by atoms with van der Waals surface area (Å²) in [5, 5.41) is 31.6. The Morgan fingerprint density at radius 1 is 0.400 bits per heavy atom. The van der Waals surface area contributed by atoms with E-state index >= 15 is 0 Å². The van der Waals surface area contributed by atoms with E-state index in [1.165, 1.54) is 77.0 Å². The van der Waals surface area contributed by atoms with E-state index in [1.807, 2.05) is 12.2 Å². The molecule has 482 valence electrons. The van der Waals surface area contributed by atoms with Crippen LogP contribution in [0.15, 0.2) is 122 Å². The number of hydrogen-bond acceptors (Lipinski definition) is 11. The number of aliphatic hydroxyl groups excluding tert-OH is 2. The zero-order valence-electron chi connectivity index (χ0n) is 53.3. The summed E-state index contributed by atoms with van der Waals surface area (Å²) < 4.78 is 28.5. The third-order valence-electron chi connectivity index (χ3n) is 14.5. The summed E-state index contributed by atoms with van der Waals surface area (Å²) in [6, 6.07) is 0. The molecule has 6 unspecified atom stereocenters. The number of aliphatic hydroxyl groups is 2. The van der Waals surface area contributed by atoms with E-state index in [0.717, 1.165) is 122 Å². The lowest BCUT2D eigenvalue weighted by Crippen LogP contribution is -2.61. The molecule has 0 saturated carbocycles. The van der Waals surface area contributed by atoms with Crippen LogP contribution < -0.4 is 0 Å². The summed E-state index contributed by atoms with van der Waals surface area (Å²) in [7, 11) is 0. The summed E-state index contributed by atoms with van der Waals surface area (Å²) in [6.45, 7) is 5.81. The monoisotopic (exact) mass is 1190 g/mol. The Labute approximate surface area is 516 Å². The van der Waals surface area contributed by atoms with Gasteiger partial charge in [0, 0.05) is 19.3 Å². The van der Waals surface area contributed by atoms with Gasteiger partial charge in [0.2, 0.25) is 0 Å². The van der Waals surface area contributed by atoms with Crippen molar-refractivity contribution in [1.29, 1.82) is 0 Å². The maximum Gasteiger partial charge on any atom is 0.335 e. The normalized spacial score (nSPS) is 18.2. The predicted octanol–water partition coefficient (Wildman–Crippen LogP) is 18.3. The fraction of sp³-hybridized carbons (Fsp3) is 0.671. The van der Waals surface area contributed by atoms with Gasteiger partial charge in [0.15, 0.2) is 24.6 Å². The Morgan fingerprint density at radius 3 is 1.16 bits per heavy atom. The lowest BCUT2D eigenvalue weighted by Gasteiger charge is -2.40. The summed E-state index contributed by atoms with van der Waals surface area (Å²) in [5.74, 6) is -3.22. The number of carboxylic acids is 1. The van der Waals surface area contributed by atoms with Crippen LogP contribution in [0.2, 0.25) is 0 Å². The molecule has 0 radical (unpaired) electrons. The van der Waals surface area contributed by atoms with Crippen LogP contribution in [0.25, 0.3) is 0 Å². The molecule has 1 saturated heterocycles. The van der Waals surface area contributed by atoms with E-state index in [0.29, 0.717) is 25.7 Å². The summed E-state index contributed by atoms with van der Waals surface area (Å²) in [6.07, 6.45) is 70.1. The number of unbranched alkanes of at least 4 members (excludes halogenated alkanes) is 22. The number of carbonyl (C=O) groups is 4. The van der Waals surface area contributed by atoms with Crippen molar-refractivity contribution in [3.8, 4) is 0 Å². The van der Waals surface area contributed by atoms with E-state index in [-0.39, 0.29) is 25.9 Å². The first-order valence-electron chi connectivity index (χ1n) is 33.5. The molecule has 0 bridgehead atoms. The molecule has 0 spiro atoms. The van der Waals surface area contributed by atoms with Crippen molar-refractivity contribution in [2.45, 2.75) is 302 Å². The molecule has 6 atom stereocenters. The van der Waals surface area contributed by atoms with Gasteiger partial charge in [-0.15, -0.1) is 0 Å². The van der Waals surface area contributed by atoms with Gasteiger partial charge in [-0.25, -0.2) is 4.79 Å². The van der Waals surface area contributed by atoms with Gasteiger partial charge in [-0.2, -0.15) is 0 Å². The summed E-state index contributed by atoms with van der Waals surface area (Å²) in [4.78, 5) is 51.4. The fourth-order valence-electron chi connectivity index (χ4n) is 9.38. The van der Waals surface area contributed by atoms with E-state index in [9.17, 15) is 34.5 Å². The van der Waals surface area contributed by atoms with Gasteiger partial charge in [-0.05, 0) is 128 Å². The Balaban J connectivity index is 2.70. The molecule has 85 heavy (non-hydrogen) atoms. The number of hydrogen-bond donors (Lipinski definition) is 3. The smallest absolute Gasteiger partial charge is 0.335 e. The molecule has 1 aliphatic heterocycles. The van der Waals surface area contributed by atoms with E-state index in [4.69, 9.17) is 23.7 Å². The van der Waals surface area contributed by atoms with Crippen molar-refractivity contribution in [2.24, 2.45) is 0 Å². The molecule has 0 aromatic heterocycles. The van der Waals surface area contributed by atoms with Crippen LogP contribution in [0.3, 0.4) is 0 Å². The van der Waals surface area contributed by atoms with E-state index in [1.54, 1.807) is 0 Å². The molecular formula is C73H118O12. The van der Waals surface area contributed by atoms with Crippen LogP contribution >= 0.6 is 0 Å². The minimum absolute atomic E-state index is 0.0251. The zero-order valence-corrected chi connectivity index (χ0v) is 53.3. The Kier molecular flexibility index (Phi) is 54.6. The lowest BCUT2D eigenvalue weighted by atomic mass is 9.98. The Bertz CT molecular complexity index is 1940. The molecular weight excluding hydrogens is 1070 g/mol. The highest BCUT2D eigenvalue weighted by molar-refractivity contribution is 5.74. The largest absolute Gasteiger partial charge is 0.479 e. The molecule has 12 heteroatoms. The SMILES string of the molecule is CC/C=C\C/C=C\C/C=C\C/C=C\C/C=C\CCCC(=O)OC1C(OCC(COC(=O)CCCCCCCC/C=C\C/C=C\C/C=C\CCCCC)OC(=O)CCCCCCCCCCC/C=C\C/C=C\CCCCC)OC(C(=O)O)C(O)C1O. The van der Waals surface area contributed by atoms with E-state index < -0.39 is 67.3 Å². The van der Waals surface area contributed by atoms with Crippen molar-refractivity contribution in [3.63, 3.8) is 0 Å². The Hall–Kier alpha value is -4.88. The molecule has 0 aromatic carbocycles. The third kappa shape index (κ3) is 48.9. The van der Waals surface area contributed by atoms with Crippen LogP contribution in [0.5, 0.6) is 0 Å². The lowest BCUT2D eigenvalue weighted by molar-refractivity contribution is -0.301. The van der Waals surface area contributed by atoms with Gasteiger partial charge in [0.25, 0.3) is 0 Å². The molecule has 0 amide bonds. The van der Waals surface area contributed by atoms with Crippen LogP contribution in [0.1, 0.15) is 265 Å². The van der Waals surface area contributed by atoms with Crippen LogP contribution in [0.4, 0.5) is 0 Å². The van der Waals surface area contributed by atoms with Crippen LogP contribution in [-0.4, -0.2) is 89.2 Å². The number of allylic oxidation sites excluding steroid dienone is 20. The van der Waals surface area contributed by atoms with Gasteiger partial charge in [0.1, 0.15) is 18.8 Å². The molecule has 1 fully saturated rings. The van der Waals surface area contributed by atoms with Crippen molar-refractivity contribution >= 4 is 23.9 Å². The van der Waals surface area contributed by atoms with E-state index in [2.05, 4.69) is 130 Å². The number of esters is 3. The van der Waals surface area contributed by atoms with Gasteiger partial charge in [-0.1, -0.05) is 239 Å². The molecule has 12 nitrogen and oxygen atoms in total. The summed E-state index contributed by atoms with van der Waals surface area (Å²) >= 11 is 0. The topological polar surface area (TPSA) is 175 Å². The second kappa shape index (κ2) is 59.5. The summed E-state index contributed by atoms with van der Waals surface area (Å²) in [5.41, 5.74) is 0. The minimum atomic E-state index is -1.93. The fourth-order valence-corrected chi connectivity index (χ4v) is 9.38. The maximum atomic E-state index is 13.2. The first-order chi connectivity index (χ1) is 41.6. The molecule has 0 aromatic rings. The van der Waals surface area contributed by atoms with Gasteiger partial charge >= 0.3 is 23.9 Å². The van der Waals surface area contributed by atoms with Crippen molar-refractivity contribution in [2.75, 3.05) is 13.2 Å². The number of carbonyl (C=O) groups excluding carboxylic acids is 3. The van der Waals surface area contributed by atoms with Crippen molar-refractivity contribution < 1.29 is 58.2 Å². The van der Waals surface area contributed by atoms with Gasteiger partial charge < -0.3 is 39.0 Å². The molecule has 0 aliphatic carbocycles. The average Bonchev–Trinajstić information content (AvgIpc) is 2.83. The standard InChI is InChI=1S/C73H118O12/c1-4-7-10-13-16-19-22-25-28-31-33-36-38-41-44-47-50-53-56-59-65(74)81-62-64(83-66(75)60-57-54-51-48-45-42-40-37-34-32-29-26-23-20-17-14-11-8-5-2)63-82-73-71(69(78)68(77)70(85-73)72(79)80)84-67(76)61-58-55-52-49-46-43-39-35-30-27-24-21-18-15-12-9-6-3/h9,12,16-21,25-30,33,36,39,43,49,52,64,68-71,73,77-78H,4-8,10-11,13-15,22-24,31-32,34-35,37-38,40-42,44-48,50-51,53-63H2,1-3H3,(H,79,80)/b12-9-,19-16-,20-17-,21-18-,28-25-,29-26-,30-27-,36-33-,43-39-,52-49-.